The number of hydrogen-bond acceptors (Lipinski definition) is 7. The van der Waals surface area contributed by atoms with Gasteiger partial charge in [-0.1, -0.05) is 0 Å². The Morgan fingerprint density at radius 1 is 0.655 bits per heavy atom. The summed E-state index contributed by atoms with van der Waals surface area (Å²) in [6, 6.07) is 0.905. The molecular weight excluding hydrogens is 384 g/mol. The minimum atomic E-state index is -2.52. The summed E-state index contributed by atoms with van der Waals surface area (Å²) in [6.07, 6.45) is 5.88. The summed E-state index contributed by atoms with van der Waals surface area (Å²) in [5.41, 5.74) is 0. The molecule has 0 amide bonds. The summed E-state index contributed by atoms with van der Waals surface area (Å²) in [4.78, 5) is 2.61. The standard InChI is InChI=1S/C21H48N4O3Si/c1-4-26-29(27-5-2,28-6-3)21-11-20-25-18-9-16-23-14-7-12-22-13-8-15-24-17-10-19-25/h22-24H,4-21H2,1-3H3. The lowest BCUT2D eigenvalue weighted by Crippen LogP contribution is -2.46. The molecule has 1 fully saturated rings. The van der Waals surface area contributed by atoms with E-state index >= 15 is 0 Å². The first-order chi connectivity index (χ1) is 14.3. The van der Waals surface area contributed by atoms with Gasteiger partial charge in [0.05, 0.1) is 0 Å². The Morgan fingerprint density at radius 3 is 1.48 bits per heavy atom. The van der Waals surface area contributed by atoms with Crippen LogP contribution in [0.3, 0.4) is 0 Å². The van der Waals surface area contributed by atoms with Crippen molar-refractivity contribution in [3.63, 3.8) is 0 Å². The van der Waals surface area contributed by atoms with Crippen LogP contribution in [0.4, 0.5) is 0 Å². The third kappa shape index (κ3) is 13.8. The van der Waals surface area contributed by atoms with Crippen molar-refractivity contribution in [3.05, 3.63) is 0 Å². The molecule has 1 aliphatic rings. The minimum absolute atomic E-state index is 0.656. The van der Waals surface area contributed by atoms with Crippen LogP contribution >= 0.6 is 0 Å². The molecule has 0 aromatic heterocycles. The van der Waals surface area contributed by atoms with Crippen molar-refractivity contribution in [1.29, 1.82) is 0 Å². The zero-order valence-electron chi connectivity index (χ0n) is 19.4. The van der Waals surface area contributed by atoms with Crippen LogP contribution in [-0.2, 0) is 13.3 Å². The van der Waals surface area contributed by atoms with Gasteiger partial charge in [0.15, 0.2) is 0 Å². The van der Waals surface area contributed by atoms with E-state index in [-0.39, 0.29) is 0 Å². The fourth-order valence-corrected chi connectivity index (χ4v) is 6.36. The lowest BCUT2D eigenvalue weighted by Gasteiger charge is -2.30. The van der Waals surface area contributed by atoms with E-state index in [1.165, 1.54) is 25.7 Å². The smallest absolute Gasteiger partial charge is 0.374 e. The average molecular weight is 433 g/mol. The summed E-state index contributed by atoms with van der Waals surface area (Å²) in [5, 5.41) is 10.7. The van der Waals surface area contributed by atoms with Crippen molar-refractivity contribution in [2.75, 3.05) is 78.7 Å². The van der Waals surface area contributed by atoms with Crippen molar-refractivity contribution >= 4 is 8.80 Å². The monoisotopic (exact) mass is 432 g/mol. The van der Waals surface area contributed by atoms with E-state index in [1.807, 2.05) is 20.8 Å². The molecule has 0 aromatic carbocycles. The van der Waals surface area contributed by atoms with Crippen molar-refractivity contribution < 1.29 is 13.3 Å². The fraction of sp³-hybridized carbons (Fsp3) is 1.00. The van der Waals surface area contributed by atoms with Crippen LogP contribution in [0.25, 0.3) is 0 Å². The topological polar surface area (TPSA) is 67.0 Å². The van der Waals surface area contributed by atoms with Gasteiger partial charge in [0, 0.05) is 25.9 Å². The highest BCUT2D eigenvalue weighted by Gasteiger charge is 2.39. The molecular formula is C21H48N4O3Si. The van der Waals surface area contributed by atoms with E-state index in [0.717, 1.165) is 71.4 Å². The molecule has 0 atom stereocenters. The van der Waals surface area contributed by atoms with Gasteiger partial charge in [-0.3, -0.25) is 0 Å². The zero-order valence-corrected chi connectivity index (χ0v) is 20.4. The van der Waals surface area contributed by atoms with Crippen LogP contribution < -0.4 is 16.0 Å². The normalized spacial score (nSPS) is 20.0. The molecule has 0 spiro atoms. The second-order valence-electron chi connectivity index (χ2n) is 7.59. The molecule has 1 rings (SSSR count). The summed E-state index contributed by atoms with van der Waals surface area (Å²) in [7, 11) is -2.52. The van der Waals surface area contributed by atoms with Gasteiger partial charge in [0.2, 0.25) is 0 Å². The van der Waals surface area contributed by atoms with Gasteiger partial charge in [-0.05, 0) is 112 Å². The zero-order chi connectivity index (χ0) is 21.0. The highest BCUT2D eigenvalue weighted by Crippen LogP contribution is 2.18. The SMILES string of the molecule is CCO[Si](CCCN1CCCNCCCNCCCNCCC1)(OCC)OCC. The highest BCUT2D eigenvalue weighted by atomic mass is 28.4. The van der Waals surface area contributed by atoms with Crippen LogP contribution in [-0.4, -0.2) is 92.4 Å². The van der Waals surface area contributed by atoms with Gasteiger partial charge >= 0.3 is 8.80 Å². The first-order valence-corrected chi connectivity index (χ1v) is 14.0. The molecule has 174 valence electrons. The maximum atomic E-state index is 6.01. The Balaban J connectivity index is 2.45. The maximum absolute atomic E-state index is 6.01. The number of nitrogens with one attached hydrogen (secondary N) is 3. The van der Waals surface area contributed by atoms with Gasteiger partial charge < -0.3 is 34.1 Å². The van der Waals surface area contributed by atoms with Crippen LogP contribution in [0.1, 0.15) is 52.9 Å². The summed E-state index contributed by atoms with van der Waals surface area (Å²) in [6.45, 7) is 18.1. The van der Waals surface area contributed by atoms with Crippen molar-refractivity contribution in [3.8, 4) is 0 Å². The Kier molecular flexibility index (Phi) is 17.4. The molecule has 1 saturated heterocycles. The first kappa shape index (κ1) is 27.0. The molecule has 0 radical (unpaired) electrons. The average Bonchev–Trinajstić information content (AvgIpc) is 2.70. The van der Waals surface area contributed by atoms with Gasteiger partial charge in [0.25, 0.3) is 0 Å². The molecule has 29 heavy (non-hydrogen) atoms. The van der Waals surface area contributed by atoms with E-state index in [1.54, 1.807) is 0 Å². The first-order valence-electron chi connectivity index (χ1n) is 12.0. The molecule has 0 saturated carbocycles. The van der Waals surface area contributed by atoms with Crippen LogP contribution in [0.5, 0.6) is 0 Å². The third-order valence-electron chi connectivity index (χ3n) is 5.12. The van der Waals surface area contributed by atoms with E-state index in [0.29, 0.717) is 19.8 Å². The predicted molar refractivity (Wildman–Crippen MR) is 124 cm³/mol. The molecule has 1 heterocycles. The van der Waals surface area contributed by atoms with Crippen LogP contribution in [0.2, 0.25) is 6.04 Å². The second kappa shape index (κ2) is 18.7. The fourth-order valence-electron chi connectivity index (χ4n) is 3.76. The Hall–Kier alpha value is -0.0631. The van der Waals surface area contributed by atoms with Gasteiger partial charge in [0.1, 0.15) is 0 Å². The van der Waals surface area contributed by atoms with E-state index in [9.17, 15) is 0 Å². The van der Waals surface area contributed by atoms with E-state index in [2.05, 4.69) is 20.9 Å². The van der Waals surface area contributed by atoms with Crippen LogP contribution in [0, 0.1) is 0 Å². The van der Waals surface area contributed by atoms with E-state index in [4.69, 9.17) is 13.3 Å². The van der Waals surface area contributed by atoms with E-state index < -0.39 is 8.80 Å². The van der Waals surface area contributed by atoms with Crippen molar-refractivity contribution in [1.82, 2.24) is 20.9 Å². The summed E-state index contributed by atoms with van der Waals surface area (Å²) in [5.74, 6) is 0. The lowest BCUT2D eigenvalue weighted by molar-refractivity contribution is 0.0698. The molecule has 1 aliphatic heterocycles. The molecule has 0 aromatic rings. The number of nitrogens with zero attached hydrogens (tertiary/aromatic N) is 1. The number of hydrogen-bond donors (Lipinski definition) is 3. The maximum Gasteiger partial charge on any atom is 0.500 e. The Labute approximate surface area is 181 Å². The Morgan fingerprint density at radius 2 is 1.07 bits per heavy atom. The summed E-state index contributed by atoms with van der Waals surface area (Å²) >= 11 is 0. The van der Waals surface area contributed by atoms with Gasteiger partial charge in [-0.15, -0.1) is 0 Å². The quantitative estimate of drug-likeness (QED) is 0.457. The molecule has 7 nitrogen and oxygen atoms in total. The van der Waals surface area contributed by atoms with Gasteiger partial charge in [-0.2, -0.15) is 0 Å². The Bertz CT molecular complexity index is 334. The predicted octanol–water partition coefficient (Wildman–Crippen LogP) is 2.07. The minimum Gasteiger partial charge on any atom is -0.374 e. The lowest BCUT2D eigenvalue weighted by atomic mass is 10.3. The van der Waals surface area contributed by atoms with Gasteiger partial charge in [-0.25, -0.2) is 0 Å². The molecule has 3 N–H and O–H groups in total. The molecule has 0 aliphatic carbocycles. The molecule has 0 unspecified atom stereocenters. The summed E-state index contributed by atoms with van der Waals surface area (Å²) < 4.78 is 18.0. The van der Waals surface area contributed by atoms with Crippen molar-refractivity contribution in [2.24, 2.45) is 0 Å². The largest absolute Gasteiger partial charge is 0.500 e. The number of rotatable bonds is 10. The second-order valence-corrected chi connectivity index (χ2v) is 10.3. The molecule has 0 bridgehead atoms. The highest BCUT2D eigenvalue weighted by molar-refractivity contribution is 6.60. The third-order valence-corrected chi connectivity index (χ3v) is 8.27. The van der Waals surface area contributed by atoms with Crippen LogP contribution in [0.15, 0.2) is 0 Å². The molecule has 8 heteroatoms. The van der Waals surface area contributed by atoms with Crippen molar-refractivity contribution in [2.45, 2.75) is 58.9 Å².